The molecule has 0 aliphatic rings. The highest BCUT2D eigenvalue weighted by Gasteiger charge is 2.06. The number of amides is 1. The van der Waals surface area contributed by atoms with E-state index in [0.29, 0.717) is 15.6 Å². The number of rotatable bonds is 4. The molecule has 0 aromatic heterocycles. The Morgan fingerprint density at radius 1 is 1.00 bits per heavy atom. The monoisotopic (exact) mass is 356 g/mol. The van der Waals surface area contributed by atoms with Crippen LogP contribution in [0.1, 0.15) is 11.1 Å². The summed E-state index contributed by atoms with van der Waals surface area (Å²) in [5.41, 5.74) is 4.13. The van der Waals surface area contributed by atoms with Crippen molar-refractivity contribution < 1.29 is 4.79 Å². The van der Waals surface area contributed by atoms with Gasteiger partial charge in [-0.15, -0.1) is 0 Å². The van der Waals surface area contributed by atoms with Gasteiger partial charge in [0, 0.05) is 5.56 Å². The summed E-state index contributed by atoms with van der Waals surface area (Å²) >= 11 is 12.0. The number of hydrogen-bond acceptors (Lipinski definition) is 2. The summed E-state index contributed by atoms with van der Waals surface area (Å²) in [4.78, 5) is 12.1. The van der Waals surface area contributed by atoms with Crippen LogP contribution in [-0.4, -0.2) is 12.1 Å². The highest BCUT2D eigenvalue weighted by molar-refractivity contribution is 6.43. The van der Waals surface area contributed by atoms with Gasteiger partial charge in [0.15, 0.2) is 0 Å². The van der Waals surface area contributed by atoms with Crippen LogP contribution in [0.5, 0.6) is 0 Å². The summed E-state index contributed by atoms with van der Waals surface area (Å²) in [6, 6.07) is 19.1. The molecule has 0 saturated carbocycles. The van der Waals surface area contributed by atoms with E-state index >= 15 is 0 Å². The maximum atomic E-state index is 12.1. The summed E-state index contributed by atoms with van der Waals surface area (Å²) in [7, 11) is 0. The fourth-order valence-corrected chi connectivity index (χ4v) is 2.81. The molecule has 5 heteroatoms. The molecule has 1 amide bonds. The SMILES string of the molecule is O=C(Cc1cccc2ccccc12)N/N=C/c1cccc(Cl)c1Cl. The summed E-state index contributed by atoms with van der Waals surface area (Å²) in [5, 5.41) is 6.98. The van der Waals surface area contributed by atoms with Gasteiger partial charge in [0.25, 0.3) is 0 Å². The fourth-order valence-electron chi connectivity index (χ4n) is 2.45. The molecule has 0 bridgehead atoms. The first-order valence-electron chi connectivity index (χ1n) is 7.38. The molecule has 0 spiro atoms. The second-order valence-electron chi connectivity index (χ2n) is 5.25. The van der Waals surface area contributed by atoms with Crippen LogP contribution in [0.4, 0.5) is 0 Å². The predicted molar refractivity (Wildman–Crippen MR) is 99.9 cm³/mol. The Balaban J connectivity index is 1.69. The molecule has 3 nitrogen and oxygen atoms in total. The van der Waals surface area contributed by atoms with Gasteiger partial charge in [-0.2, -0.15) is 5.10 Å². The van der Waals surface area contributed by atoms with Crippen molar-refractivity contribution in [1.82, 2.24) is 5.43 Å². The van der Waals surface area contributed by atoms with Crippen molar-refractivity contribution in [3.63, 3.8) is 0 Å². The van der Waals surface area contributed by atoms with E-state index < -0.39 is 0 Å². The van der Waals surface area contributed by atoms with E-state index in [4.69, 9.17) is 23.2 Å². The molecular weight excluding hydrogens is 343 g/mol. The average Bonchev–Trinajstić information content (AvgIpc) is 2.59. The number of hydrogen-bond donors (Lipinski definition) is 1. The number of carbonyl (C=O) groups excluding carboxylic acids is 1. The molecule has 1 N–H and O–H groups in total. The normalized spacial score (nSPS) is 11.1. The van der Waals surface area contributed by atoms with Crippen molar-refractivity contribution in [3.05, 3.63) is 81.8 Å². The Bertz CT molecular complexity index is 917. The number of fused-ring (bicyclic) bond motifs is 1. The minimum atomic E-state index is -0.194. The van der Waals surface area contributed by atoms with E-state index in [2.05, 4.69) is 10.5 Å². The predicted octanol–water partition coefficient (Wildman–Crippen LogP) is 4.84. The number of carbonyl (C=O) groups is 1. The second kappa shape index (κ2) is 7.47. The van der Waals surface area contributed by atoms with Gasteiger partial charge in [-0.25, -0.2) is 5.43 Å². The zero-order valence-electron chi connectivity index (χ0n) is 12.7. The van der Waals surface area contributed by atoms with E-state index in [-0.39, 0.29) is 12.3 Å². The molecule has 0 atom stereocenters. The van der Waals surface area contributed by atoms with Gasteiger partial charge in [-0.3, -0.25) is 4.79 Å². The molecule has 120 valence electrons. The third kappa shape index (κ3) is 3.75. The molecule has 3 rings (SSSR count). The first-order chi connectivity index (χ1) is 11.6. The van der Waals surface area contributed by atoms with Crippen LogP contribution >= 0.6 is 23.2 Å². The Morgan fingerprint density at radius 3 is 2.62 bits per heavy atom. The number of halogens is 2. The van der Waals surface area contributed by atoms with Crippen LogP contribution in [-0.2, 0) is 11.2 Å². The van der Waals surface area contributed by atoms with Crippen molar-refractivity contribution in [1.29, 1.82) is 0 Å². The smallest absolute Gasteiger partial charge is 0.244 e. The van der Waals surface area contributed by atoms with Gasteiger partial charge < -0.3 is 0 Å². The summed E-state index contributed by atoms with van der Waals surface area (Å²) < 4.78 is 0. The zero-order valence-corrected chi connectivity index (χ0v) is 14.2. The molecule has 0 unspecified atom stereocenters. The van der Waals surface area contributed by atoms with Crippen molar-refractivity contribution in [2.75, 3.05) is 0 Å². The Kier molecular flexibility index (Phi) is 5.14. The zero-order chi connectivity index (χ0) is 16.9. The maximum Gasteiger partial charge on any atom is 0.244 e. The van der Waals surface area contributed by atoms with Crippen molar-refractivity contribution >= 4 is 46.1 Å². The van der Waals surface area contributed by atoms with Crippen LogP contribution in [0.25, 0.3) is 10.8 Å². The first-order valence-corrected chi connectivity index (χ1v) is 8.13. The van der Waals surface area contributed by atoms with Gasteiger partial charge in [-0.05, 0) is 22.4 Å². The van der Waals surface area contributed by atoms with Gasteiger partial charge in [-0.1, -0.05) is 77.8 Å². The molecule has 0 radical (unpaired) electrons. The first kappa shape index (κ1) is 16.5. The highest BCUT2D eigenvalue weighted by atomic mass is 35.5. The highest BCUT2D eigenvalue weighted by Crippen LogP contribution is 2.24. The van der Waals surface area contributed by atoms with Crippen LogP contribution in [0.2, 0.25) is 10.0 Å². The summed E-state index contributed by atoms with van der Waals surface area (Å²) in [6.07, 6.45) is 1.73. The topological polar surface area (TPSA) is 41.5 Å². The van der Waals surface area contributed by atoms with Crippen molar-refractivity contribution in [3.8, 4) is 0 Å². The van der Waals surface area contributed by atoms with Gasteiger partial charge in [0.1, 0.15) is 0 Å². The lowest BCUT2D eigenvalue weighted by molar-refractivity contribution is -0.120. The number of nitrogens with one attached hydrogen (secondary N) is 1. The molecule has 3 aromatic rings. The molecule has 0 heterocycles. The minimum absolute atomic E-state index is 0.194. The lowest BCUT2D eigenvalue weighted by atomic mass is 10.0. The van der Waals surface area contributed by atoms with Crippen molar-refractivity contribution in [2.24, 2.45) is 5.10 Å². The quantitative estimate of drug-likeness (QED) is 0.527. The average molecular weight is 357 g/mol. The Morgan fingerprint density at radius 2 is 1.75 bits per heavy atom. The third-order valence-corrected chi connectivity index (χ3v) is 4.44. The minimum Gasteiger partial charge on any atom is -0.273 e. The standard InChI is InChI=1S/C19H14Cl2N2O/c20-17-10-4-8-15(19(17)21)12-22-23-18(24)11-14-7-3-6-13-5-1-2-9-16(13)14/h1-10,12H,11H2,(H,23,24)/b22-12+. The van der Waals surface area contributed by atoms with Crippen LogP contribution in [0, 0.1) is 0 Å². The molecule has 3 aromatic carbocycles. The second-order valence-corrected chi connectivity index (χ2v) is 6.04. The Hall–Kier alpha value is -2.36. The van der Waals surface area contributed by atoms with Gasteiger partial charge in [0.05, 0.1) is 22.7 Å². The lowest BCUT2D eigenvalue weighted by Crippen LogP contribution is -2.19. The van der Waals surface area contributed by atoms with Gasteiger partial charge >= 0.3 is 0 Å². The van der Waals surface area contributed by atoms with Gasteiger partial charge in [0.2, 0.25) is 5.91 Å². The fraction of sp³-hybridized carbons (Fsp3) is 0.0526. The van der Waals surface area contributed by atoms with E-state index in [1.165, 1.54) is 6.21 Å². The van der Waals surface area contributed by atoms with E-state index in [0.717, 1.165) is 16.3 Å². The van der Waals surface area contributed by atoms with E-state index in [9.17, 15) is 4.79 Å². The Labute approximate surface area is 149 Å². The lowest BCUT2D eigenvalue weighted by Gasteiger charge is -2.05. The largest absolute Gasteiger partial charge is 0.273 e. The molecule has 24 heavy (non-hydrogen) atoms. The van der Waals surface area contributed by atoms with Crippen LogP contribution < -0.4 is 5.43 Å². The molecular formula is C19H14Cl2N2O. The molecule has 0 fully saturated rings. The maximum absolute atomic E-state index is 12.1. The number of nitrogens with zero attached hydrogens (tertiary/aromatic N) is 1. The molecule has 0 aliphatic heterocycles. The third-order valence-electron chi connectivity index (χ3n) is 3.61. The summed E-state index contributed by atoms with van der Waals surface area (Å²) in [5.74, 6) is -0.194. The van der Waals surface area contributed by atoms with E-state index in [1.807, 2.05) is 42.5 Å². The van der Waals surface area contributed by atoms with Crippen LogP contribution in [0.15, 0.2) is 65.8 Å². The van der Waals surface area contributed by atoms with Crippen molar-refractivity contribution in [2.45, 2.75) is 6.42 Å². The van der Waals surface area contributed by atoms with Crippen LogP contribution in [0.3, 0.4) is 0 Å². The molecule has 0 saturated heterocycles. The number of hydrazone groups is 1. The summed E-state index contributed by atoms with van der Waals surface area (Å²) in [6.45, 7) is 0. The van der Waals surface area contributed by atoms with E-state index in [1.54, 1.807) is 18.2 Å². The molecule has 0 aliphatic carbocycles. The number of benzene rings is 3.